The summed E-state index contributed by atoms with van der Waals surface area (Å²) in [5.41, 5.74) is 1.06. The van der Waals surface area contributed by atoms with Crippen molar-refractivity contribution in [2.45, 2.75) is 64.8 Å². The van der Waals surface area contributed by atoms with E-state index in [1.54, 1.807) is 7.05 Å². The predicted octanol–water partition coefficient (Wildman–Crippen LogP) is 3.12. The van der Waals surface area contributed by atoms with Crippen LogP contribution in [0.15, 0.2) is 15.6 Å². The van der Waals surface area contributed by atoms with Crippen LogP contribution in [0.3, 0.4) is 0 Å². The highest BCUT2D eigenvalue weighted by molar-refractivity contribution is 5.79. The molecule has 1 aliphatic heterocycles. The normalized spacial score (nSPS) is 16.9. The van der Waals surface area contributed by atoms with E-state index in [4.69, 9.17) is 4.52 Å². The van der Waals surface area contributed by atoms with Crippen LogP contribution in [0.1, 0.15) is 69.7 Å². The summed E-state index contributed by atoms with van der Waals surface area (Å²) >= 11 is 0. The molecule has 1 aliphatic rings. The van der Waals surface area contributed by atoms with Gasteiger partial charge in [0.05, 0.1) is 12.2 Å². The number of aliphatic imine (C=N–C) groups is 1. The highest BCUT2D eigenvalue weighted by Crippen LogP contribution is 2.22. The standard InChI is InChI=1S/C19H35N5O/c1-4-16(5-2)18-14-17(25-23-18)15-22-19(20-3)21-10-13-24-11-8-6-7-9-12-24/h14,16H,4-13,15H2,1-3H3,(H2,20,21,22). The van der Waals surface area contributed by atoms with E-state index >= 15 is 0 Å². The average molecular weight is 350 g/mol. The molecule has 6 heteroatoms. The van der Waals surface area contributed by atoms with Gasteiger partial charge in [-0.3, -0.25) is 4.99 Å². The van der Waals surface area contributed by atoms with E-state index in [0.29, 0.717) is 12.5 Å². The van der Waals surface area contributed by atoms with Crippen LogP contribution in [-0.4, -0.2) is 49.2 Å². The van der Waals surface area contributed by atoms with Gasteiger partial charge in [-0.1, -0.05) is 31.8 Å². The molecule has 0 aromatic carbocycles. The molecule has 25 heavy (non-hydrogen) atoms. The van der Waals surface area contributed by atoms with Crippen LogP contribution in [0, 0.1) is 0 Å². The fraction of sp³-hybridized carbons (Fsp3) is 0.789. The van der Waals surface area contributed by atoms with Crippen LogP contribution in [0.2, 0.25) is 0 Å². The summed E-state index contributed by atoms with van der Waals surface area (Å²) in [6, 6.07) is 2.06. The first-order valence-electron chi connectivity index (χ1n) is 9.89. The minimum atomic E-state index is 0.489. The monoisotopic (exact) mass is 349 g/mol. The molecule has 2 heterocycles. The molecule has 0 atom stereocenters. The van der Waals surface area contributed by atoms with E-state index in [2.05, 4.69) is 45.6 Å². The molecule has 1 aromatic rings. The second-order valence-corrected chi connectivity index (χ2v) is 6.84. The number of likely N-dealkylation sites (tertiary alicyclic amines) is 1. The number of hydrogen-bond acceptors (Lipinski definition) is 4. The molecular formula is C19H35N5O. The smallest absolute Gasteiger partial charge is 0.191 e. The molecule has 0 unspecified atom stereocenters. The van der Waals surface area contributed by atoms with E-state index in [0.717, 1.165) is 43.3 Å². The number of aromatic nitrogens is 1. The van der Waals surface area contributed by atoms with Gasteiger partial charge in [-0.25, -0.2) is 0 Å². The lowest BCUT2D eigenvalue weighted by Gasteiger charge is -2.20. The van der Waals surface area contributed by atoms with Crippen molar-refractivity contribution in [3.8, 4) is 0 Å². The minimum Gasteiger partial charge on any atom is -0.359 e. The first kappa shape index (κ1) is 19.8. The zero-order chi connectivity index (χ0) is 17.9. The van der Waals surface area contributed by atoms with Gasteiger partial charge in [0.15, 0.2) is 11.7 Å². The lowest BCUT2D eigenvalue weighted by Crippen LogP contribution is -2.41. The first-order valence-corrected chi connectivity index (χ1v) is 9.89. The second-order valence-electron chi connectivity index (χ2n) is 6.84. The van der Waals surface area contributed by atoms with Gasteiger partial charge in [-0.2, -0.15) is 0 Å². The SMILES string of the molecule is CCC(CC)c1cc(CNC(=NC)NCCN2CCCCCC2)on1. The van der Waals surface area contributed by atoms with Gasteiger partial charge in [-0.05, 0) is 38.8 Å². The molecule has 0 radical (unpaired) electrons. The Morgan fingerprint density at radius 1 is 1.20 bits per heavy atom. The first-order chi connectivity index (χ1) is 12.3. The summed E-state index contributed by atoms with van der Waals surface area (Å²) < 4.78 is 5.45. The molecule has 6 nitrogen and oxygen atoms in total. The van der Waals surface area contributed by atoms with Crippen molar-refractivity contribution in [1.82, 2.24) is 20.7 Å². The third-order valence-electron chi connectivity index (χ3n) is 5.05. The Morgan fingerprint density at radius 3 is 2.56 bits per heavy atom. The zero-order valence-corrected chi connectivity index (χ0v) is 16.2. The maximum Gasteiger partial charge on any atom is 0.191 e. The quantitative estimate of drug-likeness (QED) is 0.558. The molecule has 0 bridgehead atoms. The van der Waals surface area contributed by atoms with Crippen molar-refractivity contribution >= 4 is 5.96 Å². The number of nitrogens with zero attached hydrogens (tertiary/aromatic N) is 3. The van der Waals surface area contributed by atoms with Crippen molar-refractivity contribution < 1.29 is 4.52 Å². The molecule has 0 amide bonds. The molecule has 1 fully saturated rings. The van der Waals surface area contributed by atoms with Crippen molar-refractivity contribution in [2.75, 3.05) is 33.2 Å². The van der Waals surface area contributed by atoms with E-state index < -0.39 is 0 Å². The number of guanidine groups is 1. The highest BCUT2D eigenvalue weighted by atomic mass is 16.5. The molecule has 142 valence electrons. The molecule has 0 aliphatic carbocycles. The Kier molecular flexibility index (Phi) is 8.80. The third-order valence-corrected chi connectivity index (χ3v) is 5.05. The molecule has 0 saturated carbocycles. The van der Waals surface area contributed by atoms with Gasteiger partial charge >= 0.3 is 0 Å². The van der Waals surface area contributed by atoms with Crippen LogP contribution in [0.25, 0.3) is 0 Å². The maximum absolute atomic E-state index is 5.45. The number of rotatable bonds is 8. The topological polar surface area (TPSA) is 65.7 Å². The summed E-state index contributed by atoms with van der Waals surface area (Å²) in [5, 5.41) is 10.9. The van der Waals surface area contributed by atoms with Gasteiger partial charge in [0, 0.05) is 32.1 Å². The van der Waals surface area contributed by atoms with Crippen LogP contribution < -0.4 is 10.6 Å². The summed E-state index contributed by atoms with van der Waals surface area (Å²) in [6.45, 7) is 9.43. The van der Waals surface area contributed by atoms with Crippen LogP contribution >= 0.6 is 0 Å². The largest absolute Gasteiger partial charge is 0.359 e. The number of hydrogen-bond donors (Lipinski definition) is 2. The fourth-order valence-corrected chi connectivity index (χ4v) is 3.40. The van der Waals surface area contributed by atoms with Crippen molar-refractivity contribution in [1.29, 1.82) is 0 Å². The van der Waals surface area contributed by atoms with Gasteiger partial charge in [0.25, 0.3) is 0 Å². The maximum atomic E-state index is 5.45. The van der Waals surface area contributed by atoms with Crippen LogP contribution in [0.4, 0.5) is 0 Å². The van der Waals surface area contributed by atoms with Gasteiger partial charge in [-0.15, -0.1) is 0 Å². The Balaban J connectivity index is 1.71. The summed E-state index contributed by atoms with van der Waals surface area (Å²) in [4.78, 5) is 6.84. The summed E-state index contributed by atoms with van der Waals surface area (Å²) in [6.07, 6.45) is 7.60. The van der Waals surface area contributed by atoms with E-state index in [-0.39, 0.29) is 0 Å². The van der Waals surface area contributed by atoms with Crippen molar-refractivity contribution in [3.63, 3.8) is 0 Å². The summed E-state index contributed by atoms with van der Waals surface area (Å²) in [5.74, 6) is 2.16. The molecule has 0 spiro atoms. The molecule has 2 N–H and O–H groups in total. The zero-order valence-electron chi connectivity index (χ0n) is 16.2. The Hall–Kier alpha value is -1.56. The summed E-state index contributed by atoms with van der Waals surface area (Å²) in [7, 11) is 1.80. The minimum absolute atomic E-state index is 0.489. The van der Waals surface area contributed by atoms with Crippen molar-refractivity contribution in [3.05, 3.63) is 17.5 Å². The van der Waals surface area contributed by atoms with E-state index in [1.807, 2.05) is 0 Å². The molecule has 1 aromatic heterocycles. The van der Waals surface area contributed by atoms with Gasteiger partial charge in [0.2, 0.25) is 0 Å². The lowest BCUT2D eigenvalue weighted by atomic mass is 9.99. The number of nitrogens with one attached hydrogen (secondary N) is 2. The molecule has 1 saturated heterocycles. The van der Waals surface area contributed by atoms with E-state index in [9.17, 15) is 0 Å². The lowest BCUT2D eigenvalue weighted by molar-refractivity contribution is 0.289. The van der Waals surface area contributed by atoms with E-state index in [1.165, 1.54) is 38.8 Å². The second kappa shape index (κ2) is 11.1. The van der Waals surface area contributed by atoms with Crippen molar-refractivity contribution in [2.24, 2.45) is 4.99 Å². The van der Waals surface area contributed by atoms with Gasteiger partial charge < -0.3 is 20.1 Å². The molecular weight excluding hydrogens is 314 g/mol. The van der Waals surface area contributed by atoms with Crippen LogP contribution in [0.5, 0.6) is 0 Å². The Labute approximate surface area is 152 Å². The average Bonchev–Trinajstić information content (AvgIpc) is 2.94. The third kappa shape index (κ3) is 6.69. The van der Waals surface area contributed by atoms with Crippen LogP contribution in [-0.2, 0) is 6.54 Å². The highest BCUT2D eigenvalue weighted by Gasteiger charge is 2.13. The van der Waals surface area contributed by atoms with Gasteiger partial charge in [0.1, 0.15) is 0 Å². The molecule has 2 rings (SSSR count). The predicted molar refractivity (Wildman–Crippen MR) is 103 cm³/mol. The Bertz CT molecular complexity index is 502. The Morgan fingerprint density at radius 2 is 1.92 bits per heavy atom. The fourth-order valence-electron chi connectivity index (χ4n) is 3.40.